The zero-order valence-electron chi connectivity index (χ0n) is 13.8. The molecule has 0 aliphatic rings. The van der Waals surface area contributed by atoms with Gasteiger partial charge in [0, 0.05) is 18.4 Å². The zero-order chi connectivity index (χ0) is 15.0. The first-order chi connectivity index (χ1) is 9.32. The van der Waals surface area contributed by atoms with Crippen molar-refractivity contribution >= 4 is 11.4 Å². The third kappa shape index (κ3) is 2.45. The van der Waals surface area contributed by atoms with E-state index in [9.17, 15) is 0 Å². The van der Waals surface area contributed by atoms with Gasteiger partial charge in [-0.25, -0.2) is 0 Å². The molecule has 2 aromatic rings. The predicted octanol–water partition coefficient (Wildman–Crippen LogP) is 5.31. The lowest BCUT2D eigenvalue weighted by molar-refractivity contribution is 1.13. The molecule has 0 saturated heterocycles. The summed E-state index contributed by atoms with van der Waals surface area (Å²) < 4.78 is 0. The molecule has 0 fully saturated rings. The van der Waals surface area contributed by atoms with E-state index in [1.54, 1.807) is 0 Å². The van der Waals surface area contributed by atoms with Gasteiger partial charge in [-0.3, -0.25) is 0 Å². The van der Waals surface area contributed by atoms with Crippen molar-refractivity contribution < 1.29 is 0 Å². The normalized spacial score (nSPS) is 10.8. The molecule has 0 amide bonds. The molecular formula is C19H25N. The van der Waals surface area contributed by atoms with Crippen LogP contribution in [-0.4, -0.2) is 7.05 Å². The van der Waals surface area contributed by atoms with E-state index in [0.29, 0.717) is 0 Å². The second-order valence-corrected chi connectivity index (χ2v) is 5.93. The molecule has 2 rings (SSSR count). The highest BCUT2D eigenvalue weighted by Crippen LogP contribution is 2.33. The number of hydrogen-bond donors (Lipinski definition) is 0. The summed E-state index contributed by atoms with van der Waals surface area (Å²) in [6.07, 6.45) is 0. The molecule has 1 nitrogen and oxygen atoms in total. The van der Waals surface area contributed by atoms with Crippen molar-refractivity contribution in [2.24, 2.45) is 0 Å². The molecule has 0 aliphatic carbocycles. The quantitative estimate of drug-likeness (QED) is 0.713. The summed E-state index contributed by atoms with van der Waals surface area (Å²) in [6, 6.07) is 9.01. The molecule has 0 heterocycles. The molecule has 0 saturated carbocycles. The van der Waals surface area contributed by atoms with Gasteiger partial charge in [0.05, 0.1) is 0 Å². The summed E-state index contributed by atoms with van der Waals surface area (Å²) in [5.74, 6) is 0. The van der Waals surface area contributed by atoms with Crippen molar-refractivity contribution in [3.63, 3.8) is 0 Å². The number of anilines is 2. The molecule has 0 radical (unpaired) electrons. The van der Waals surface area contributed by atoms with E-state index < -0.39 is 0 Å². The van der Waals surface area contributed by atoms with Gasteiger partial charge in [0.2, 0.25) is 0 Å². The maximum absolute atomic E-state index is 2.31. The van der Waals surface area contributed by atoms with Crippen LogP contribution in [0.1, 0.15) is 33.4 Å². The minimum atomic E-state index is 1.29. The van der Waals surface area contributed by atoms with Crippen LogP contribution in [0, 0.1) is 41.5 Å². The number of hydrogen-bond acceptors (Lipinski definition) is 1. The molecule has 0 unspecified atom stereocenters. The third-order valence-corrected chi connectivity index (χ3v) is 4.56. The molecule has 2 aromatic carbocycles. The smallest absolute Gasteiger partial charge is 0.0440 e. The number of nitrogens with zero attached hydrogens (tertiary/aromatic N) is 1. The zero-order valence-corrected chi connectivity index (χ0v) is 13.8. The van der Waals surface area contributed by atoms with Crippen LogP contribution in [0.15, 0.2) is 24.3 Å². The first-order valence-electron chi connectivity index (χ1n) is 7.21. The first-order valence-corrected chi connectivity index (χ1v) is 7.21. The lowest BCUT2D eigenvalue weighted by Crippen LogP contribution is -2.13. The Hall–Kier alpha value is -1.76. The van der Waals surface area contributed by atoms with Gasteiger partial charge in [0.25, 0.3) is 0 Å². The average molecular weight is 267 g/mol. The highest BCUT2D eigenvalue weighted by Gasteiger charge is 2.12. The lowest BCUT2D eigenvalue weighted by atomic mass is 10.00. The minimum Gasteiger partial charge on any atom is -0.344 e. The molecule has 0 atom stereocenters. The fourth-order valence-corrected chi connectivity index (χ4v) is 2.74. The van der Waals surface area contributed by atoms with Crippen LogP contribution in [0.4, 0.5) is 11.4 Å². The van der Waals surface area contributed by atoms with Gasteiger partial charge in [0.15, 0.2) is 0 Å². The van der Waals surface area contributed by atoms with Crippen molar-refractivity contribution in [2.45, 2.75) is 41.5 Å². The van der Waals surface area contributed by atoms with Crippen LogP contribution in [0.25, 0.3) is 0 Å². The van der Waals surface area contributed by atoms with Crippen LogP contribution in [0.5, 0.6) is 0 Å². The molecular weight excluding hydrogens is 242 g/mol. The van der Waals surface area contributed by atoms with Gasteiger partial charge in [0.1, 0.15) is 0 Å². The van der Waals surface area contributed by atoms with Gasteiger partial charge >= 0.3 is 0 Å². The standard InChI is InChI=1S/C19H25N/c1-12-8-9-18(17(6)16(12)5)20(7)19-11-14(3)13(2)10-15(19)4/h8-11H,1-7H3. The SMILES string of the molecule is Cc1cc(C)c(N(C)c2ccc(C)c(C)c2C)cc1C. The van der Waals surface area contributed by atoms with Gasteiger partial charge in [-0.2, -0.15) is 0 Å². The molecule has 0 N–H and O–H groups in total. The summed E-state index contributed by atoms with van der Waals surface area (Å²) in [4.78, 5) is 2.31. The molecule has 0 bridgehead atoms. The summed E-state index contributed by atoms with van der Waals surface area (Å²) >= 11 is 0. The van der Waals surface area contributed by atoms with Crippen LogP contribution >= 0.6 is 0 Å². The largest absolute Gasteiger partial charge is 0.344 e. The third-order valence-electron chi connectivity index (χ3n) is 4.56. The molecule has 0 spiro atoms. The maximum Gasteiger partial charge on any atom is 0.0440 e. The highest BCUT2D eigenvalue weighted by molar-refractivity contribution is 5.70. The average Bonchev–Trinajstić information content (AvgIpc) is 2.40. The maximum atomic E-state index is 2.31. The van der Waals surface area contributed by atoms with E-state index in [2.05, 4.69) is 77.8 Å². The van der Waals surface area contributed by atoms with Gasteiger partial charge < -0.3 is 4.90 Å². The molecule has 20 heavy (non-hydrogen) atoms. The van der Waals surface area contributed by atoms with Gasteiger partial charge in [-0.15, -0.1) is 0 Å². The van der Waals surface area contributed by atoms with E-state index in [1.165, 1.54) is 44.8 Å². The minimum absolute atomic E-state index is 1.29. The molecule has 1 heteroatoms. The van der Waals surface area contributed by atoms with E-state index in [1.807, 2.05) is 0 Å². The van der Waals surface area contributed by atoms with E-state index in [4.69, 9.17) is 0 Å². The van der Waals surface area contributed by atoms with Crippen LogP contribution in [0.3, 0.4) is 0 Å². The Bertz CT molecular complexity index is 651. The highest BCUT2D eigenvalue weighted by atomic mass is 15.1. The van der Waals surface area contributed by atoms with Crippen LogP contribution < -0.4 is 4.90 Å². The van der Waals surface area contributed by atoms with Gasteiger partial charge in [-0.05, 0) is 87.1 Å². The number of rotatable bonds is 2. The van der Waals surface area contributed by atoms with Crippen molar-refractivity contribution in [2.75, 3.05) is 11.9 Å². The second-order valence-electron chi connectivity index (χ2n) is 5.93. The van der Waals surface area contributed by atoms with Crippen LogP contribution in [0.2, 0.25) is 0 Å². The van der Waals surface area contributed by atoms with Crippen LogP contribution in [-0.2, 0) is 0 Å². The molecule has 0 aliphatic heterocycles. The molecule has 0 aromatic heterocycles. The Labute approximate surface area is 123 Å². The fourth-order valence-electron chi connectivity index (χ4n) is 2.74. The Balaban J connectivity index is 2.55. The Morgan fingerprint density at radius 2 is 1.20 bits per heavy atom. The first kappa shape index (κ1) is 14.6. The fraction of sp³-hybridized carbons (Fsp3) is 0.368. The van der Waals surface area contributed by atoms with Gasteiger partial charge in [-0.1, -0.05) is 12.1 Å². The van der Waals surface area contributed by atoms with Crippen molar-refractivity contribution in [3.05, 3.63) is 57.6 Å². The lowest BCUT2D eigenvalue weighted by Gasteiger charge is -2.26. The van der Waals surface area contributed by atoms with Crippen molar-refractivity contribution in [1.29, 1.82) is 0 Å². The predicted molar refractivity (Wildman–Crippen MR) is 89.4 cm³/mol. The number of benzene rings is 2. The molecule has 106 valence electrons. The van der Waals surface area contributed by atoms with E-state index in [0.717, 1.165) is 0 Å². The van der Waals surface area contributed by atoms with E-state index >= 15 is 0 Å². The van der Waals surface area contributed by atoms with E-state index in [-0.39, 0.29) is 0 Å². The number of aryl methyl sites for hydroxylation is 4. The second kappa shape index (κ2) is 5.32. The summed E-state index contributed by atoms with van der Waals surface area (Å²) in [6.45, 7) is 13.1. The summed E-state index contributed by atoms with van der Waals surface area (Å²) in [5.41, 5.74) is 10.7. The van der Waals surface area contributed by atoms with Crippen molar-refractivity contribution in [3.8, 4) is 0 Å². The Morgan fingerprint density at radius 1 is 0.600 bits per heavy atom. The van der Waals surface area contributed by atoms with Crippen molar-refractivity contribution in [1.82, 2.24) is 0 Å². The topological polar surface area (TPSA) is 3.24 Å². The Kier molecular flexibility index (Phi) is 3.89. The Morgan fingerprint density at radius 3 is 1.85 bits per heavy atom. The summed E-state index contributed by atoms with van der Waals surface area (Å²) in [5, 5.41) is 0. The summed E-state index contributed by atoms with van der Waals surface area (Å²) in [7, 11) is 2.16. The monoisotopic (exact) mass is 267 g/mol.